The summed E-state index contributed by atoms with van der Waals surface area (Å²) in [6, 6.07) is 8.18. The molecule has 0 radical (unpaired) electrons. The number of aliphatic carboxylic acids is 1. The van der Waals surface area contributed by atoms with Crippen LogP contribution in [-0.2, 0) is 17.8 Å². The highest BCUT2D eigenvalue weighted by molar-refractivity contribution is 5.70. The second-order valence-corrected chi connectivity index (χ2v) is 6.29. The van der Waals surface area contributed by atoms with Crippen molar-refractivity contribution in [2.24, 2.45) is 5.92 Å². The number of piperidine rings is 3. The first-order valence-corrected chi connectivity index (χ1v) is 7.30. The second kappa shape index (κ2) is 6.27. The van der Waals surface area contributed by atoms with Gasteiger partial charge in [-0.1, -0.05) is 24.3 Å². The maximum absolute atomic E-state index is 10.7. The Balaban J connectivity index is 0.00000147. The van der Waals surface area contributed by atoms with Gasteiger partial charge < -0.3 is 26.6 Å². The molecule has 0 aromatic heterocycles. The molecule has 20 heavy (non-hydrogen) atoms. The molecule has 0 aliphatic carbocycles. The van der Waals surface area contributed by atoms with Crippen molar-refractivity contribution in [3.63, 3.8) is 0 Å². The van der Waals surface area contributed by atoms with Crippen molar-refractivity contribution < 1.29 is 31.4 Å². The van der Waals surface area contributed by atoms with E-state index in [1.54, 1.807) is 0 Å². The van der Waals surface area contributed by atoms with Crippen LogP contribution in [0.5, 0.6) is 0 Å². The number of carboxylic acid groups (broad SMARTS) is 1. The Morgan fingerprint density at radius 3 is 2.05 bits per heavy atom. The molecular formula is C16H22BrNO2. The van der Waals surface area contributed by atoms with Crippen LogP contribution in [0, 0.1) is 5.92 Å². The van der Waals surface area contributed by atoms with Crippen LogP contribution in [0.3, 0.4) is 0 Å². The van der Waals surface area contributed by atoms with Crippen LogP contribution >= 0.6 is 0 Å². The van der Waals surface area contributed by atoms with Gasteiger partial charge in [-0.05, 0) is 30.7 Å². The number of fused-ring (bicyclic) bond motifs is 3. The molecule has 3 aliphatic rings. The largest absolute Gasteiger partial charge is 1.00 e. The van der Waals surface area contributed by atoms with Crippen LogP contribution in [0.4, 0.5) is 0 Å². The molecule has 2 bridgehead atoms. The number of carbonyl (C=O) groups is 1. The monoisotopic (exact) mass is 339 g/mol. The number of halogens is 1. The molecule has 3 saturated heterocycles. The summed E-state index contributed by atoms with van der Waals surface area (Å²) in [5.74, 6) is 0.241. The van der Waals surface area contributed by atoms with Crippen molar-refractivity contribution in [2.45, 2.75) is 32.2 Å². The molecule has 0 unspecified atom stereocenters. The first-order chi connectivity index (χ1) is 9.15. The SMILES string of the molecule is O=C(O)Cc1ccc(C[N+]23CCC(CC2)CC3)cc1.[Br-]. The molecule has 3 fully saturated rings. The predicted molar refractivity (Wildman–Crippen MR) is 73.7 cm³/mol. The van der Waals surface area contributed by atoms with Crippen LogP contribution in [0.1, 0.15) is 30.4 Å². The minimum Gasteiger partial charge on any atom is -1.00 e. The Kier molecular flexibility index (Phi) is 4.86. The van der Waals surface area contributed by atoms with Gasteiger partial charge in [-0.3, -0.25) is 4.79 Å². The lowest BCUT2D eigenvalue weighted by Crippen LogP contribution is -3.00. The minimum absolute atomic E-state index is 0. The number of hydrogen-bond donors (Lipinski definition) is 1. The summed E-state index contributed by atoms with van der Waals surface area (Å²) in [5.41, 5.74) is 2.25. The van der Waals surface area contributed by atoms with E-state index in [-0.39, 0.29) is 23.4 Å². The summed E-state index contributed by atoms with van der Waals surface area (Å²) in [7, 11) is 0. The summed E-state index contributed by atoms with van der Waals surface area (Å²) in [6.07, 6.45) is 4.33. The molecule has 0 amide bonds. The average molecular weight is 340 g/mol. The van der Waals surface area contributed by atoms with E-state index in [0.29, 0.717) is 0 Å². The van der Waals surface area contributed by atoms with Crippen molar-refractivity contribution in [2.75, 3.05) is 19.6 Å². The van der Waals surface area contributed by atoms with Gasteiger partial charge in [0, 0.05) is 5.56 Å². The lowest BCUT2D eigenvalue weighted by molar-refractivity contribution is -0.955. The molecule has 110 valence electrons. The number of carboxylic acids is 1. The van der Waals surface area contributed by atoms with Crippen LogP contribution < -0.4 is 17.0 Å². The van der Waals surface area contributed by atoms with Gasteiger partial charge in [-0.2, -0.15) is 0 Å². The Bertz CT molecular complexity index is 450. The smallest absolute Gasteiger partial charge is 0.307 e. The van der Waals surface area contributed by atoms with E-state index >= 15 is 0 Å². The van der Waals surface area contributed by atoms with Gasteiger partial charge in [0.1, 0.15) is 6.54 Å². The summed E-state index contributed by atoms with van der Waals surface area (Å²) in [5, 5.41) is 8.78. The third kappa shape index (κ3) is 3.41. The Morgan fingerprint density at radius 2 is 1.55 bits per heavy atom. The van der Waals surface area contributed by atoms with E-state index in [9.17, 15) is 4.79 Å². The fraction of sp³-hybridized carbons (Fsp3) is 0.562. The zero-order valence-corrected chi connectivity index (χ0v) is 13.3. The first kappa shape index (κ1) is 15.5. The molecule has 1 aromatic rings. The number of benzene rings is 1. The zero-order valence-electron chi connectivity index (χ0n) is 11.7. The van der Waals surface area contributed by atoms with Crippen LogP contribution in [0.15, 0.2) is 24.3 Å². The van der Waals surface area contributed by atoms with Gasteiger partial charge in [0.05, 0.1) is 26.1 Å². The lowest BCUT2D eigenvalue weighted by atomic mass is 9.85. The molecule has 1 N–H and O–H groups in total. The molecule has 0 saturated carbocycles. The molecule has 4 heteroatoms. The Morgan fingerprint density at radius 1 is 1.05 bits per heavy atom. The van der Waals surface area contributed by atoms with E-state index in [1.807, 2.05) is 12.1 Å². The topological polar surface area (TPSA) is 37.3 Å². The van der Waals surface area contributed by atoms with E-state index in [1.165, 1.54) is 48.9 Å². The van der Waals surface area contributed by atoms with Gasteiger partial charge in [-0.15, -0.1) is 0 Å². The lowest BCUT2D eigenvalue weighted by Gasteiger charge is -2.49. The normalized spacial score (nSPS) is 27.9. The van der Waals surface area contributed by atoms with Crippen molar-refractivity contribution in [1.29, 1.82) is 0 Å². The molecule has 3 heterocycles. The number of hydrogen-bond acceptors (Lipinski definition) is 1. The second-order valence-electron chi connectivity index (χ2n) is 6.29. The average Bonchev–Trinajstić information content (AvgIpc) is 2.42. The zero-order chi connectivity index (χ0) is 13.3. The van der Waals surface area contributed by atoms with Crippen LogP contribution in [-0.4, -0.2) is 35.2 Å². The van der Waals surface area contributed by atoms with Crippen molar-refractivity contribution >= 4 is 5.97 Å². The molecular weight excluding hydrogens is 318 g/mol. The van der Waals surface area contributed by atoms with Gasteiger partial charge in [0.2, 0.25) is 0 Å². The summed E-state index contributed by atoms with van der Waals surface area (Å²) < 4.78 is 1.26. The van der Waals surface area contributed by atoms with Gasteiger partial charge >= 0.3 is 5.97 Å². The van der Waals surface area contributed by atoms with Crippen molar-refractivity contribution in [3.05, 3.63) is 35.4 Å². The highest BCUT2D eigenvalue weighted by Crippen LogP contribution is 2.35. The quantitative estimate of drug-likeness (QED) is 0.747. The summed E-state index contributed by atoms with van der Waals surface area (Å²) in [6.45, 7) is 5.13. The molecule has 0 spiro atoms. The highest BCUT2D eigenvalue weighted by atomic mass is 79.9. The molecule has 1 aromatic carbocycles. The van der Waals surface area contributed by atoms with Gasteiger partial charge in [0.25, 0.3) is 0 Å². The van der Waals surface area contributed by atoms with E-state index in [4.69, 9.17) is 5.11 Å². The van der Waals surface area contributed by atoms with E-state index in [2.05, 4.69) is 12.1 Å². The molecule has 3 aliphatic heterocycles. The van der Waals surface area contributed by atoms with Crippen molar-refractivity contribution in [3.8, 4) is 0 Å². The third-order valence-electron chi connectivity index (χ3n) is 4.93. The molecule has 3 nitrogen and oxygen atoms in total. The summed E-state index contributed by atoms with van der Waals surface area (Å²) >= 11 is 0. The first-order valence-electron chi connectivity index (χ1n) is 7.30. The Labute approximate surface area is 131 Å². The highest BCUT2D eigenvalue weighted by Gasteiger charge is 2.39. The van der Waals surface area contributed by atoms with E-state index in [0.717, 1.165) is 18.0 Å². The number of quaternary nitrogens is 1. The molecule has 0 atom stereocenters. The van der Waals surface area contributed by atoms with Crippen LogP contribution in [0.25, 0.3) is 0 Å². The molecule has 4 rings (SSSR count). The van der Waals surface area contributed by atoms with Crippen molar-refractivity contribution in [1.82, 2.24) is 0 Å². The maximum Gasteiger partial charge on any atom is 0.307 e. The number of rotatable bonds is 4. The fourth-order valence-electron chi connectivity index (χ4n) is 3.70. The standard InChI is InChI=1S/C16H21NO2.BrH/c18-16(19)11-14-1-3-15(4-2-14)12-17-8-5-13(6-9-17)7-10-17;/h1-4,13H,5-12H2;1H. The summed E-state index contributed by atoms with van der Waals surface area (Å²) in [4.78, 5) is 10.7. The van der Waals surface area contributed by atoms with Gasteiger partial charge in [-0.25, -0.2) is 0 Å². The Hall–Kier alpha value is -0.870. The predicted octanol–water partition coefficient (Wildman–Crippen LogP) is -0.552. The van der Waals surface area contributed by atoms with Crippen LogP contribution in [0.2, 0.25) is 0 Å². The van der Waals surface area contributed by atoms with E-state index < -0.39 is 5.97 Å². The van der Waals surface area contributed by atoms with Gasteiger partial charge in [0.15, 0.2) is 0 Å². The third-order valence-corrected chi connectivity index (χ3v) is 4.93. The number of nitrogens with zero attached hydrogens (tertiary/aromatic N) is 1. The maximum atomic E-state index is 10.7. The minimum atomic E-state index is -0.757. The fourth-order valence-corrected chi connectivity index (χ4v) is 3.70.